The Bertz CT molecular complexity index is 2410. The average molecular weight is 786 g/mol. The van der Waals surface area contributed by atoms with Gasteiger partial charge < -0.3 is 18.9 Å². The summed E-state index contributed by atoms with van der Waals surface area (Å²) in [5.41, 5.74) is 6.31. The lowest BCUT2D eigenvalue weighted by Crippen LogP contribution is -2.47. The molecule has 5 atom stereocenters. The summed E-state index contributed by atoms with van der Waals surface area (Å²) < 4.78 is 31.1. The molecule has 2 N–H and O–H groups in total. The highest BCUT2D eigenvalue weighted by Crippen LogP contribution is 2.25. The van der Waals surface area contributed by atoms with Gasteiger partial charge in [0.1, 0.15) is 29.7 Å². The van der Waals surface area contributed by atoms with Gasteiger partial charge in [0.2, 0.25) is 40.8 Å². The van der Waals surface area contributed by atoms with Gasteiger partial charge in [-0.25, -0.2) is 4.79 Å². The van der Waals surface area contributed by atoms with Gasteiger partial charge in [0, 0.05) is 17.4 Å². The molecule has 0 spiro atoms. The molecule has 298 valence electrons. The zero-order chi connectivity index (χ0) is 39.8. The summed E-state index contributed by atoms with van der Waals surface area (Å²) in [6.07, 6.45) is 15.4. The summed E-state index contributed by atoms with van der Waals surface area (Å²) in [5, 5.41) is 30.4. The first-order valence-corrected chi connectivity index (χ1v) is 19.9. The van der Waals surface area contributed by atoms with Gasteiger partial charge in [0.15, 0.2) is 12.6 Å². The predicted octanol–water partition coefficient (Wildman–Crippen LogP) is 6.44. The number of unbranched alkanes of at least 4 members (excludes halogenated alkanes) is 1. The van der Waals surface area contributed by atoms with E-state index in [0.29, 0.717) is 18.8 Å². The third kappa shape index (κ3) is 8.91. The maximum atomic E-state index is 13.7. The zero-order valence-corrected chi connectivity index (χ0v) is 33.0. The highest BCUT2D eigenvalue weighted by Gasteiger charge is 2.39. The number of aromatic nitrogens is 3. The molecule has 0 saturated carbocycles. The van der Waals surface area contributed by atoms with E-state index in [2.05, 4.69) is 69.2 Å². The van der Waals surface area contributed by atoms with Crippen molar-refractivity contribution >= 4 is 45.0 Å². The van der Waals surface area contributed by atoms with Crippen molar-refractivity contribution in [1.82, 2.24) is 10.3 Å². The monoisotopic (exact) mass is 785 g/mol. The topological polar surface area (TPSA) is 154 Å². The van der Waals surface area contributed by atoms with Gasteiger partial charge in [-0.2, -0.15) is 4.68 Å². The number of allylic oxidation sites excluding steroid dienone is 4. The van der Waals surface area contributed by atoms with Crippen LogP contribution in [0, 0.1) is 13.8 Å². The quantitative estimate of drug-likeness (QED) is 0.0875. The lowest BCUT2D eigenvalue weighted by atomic mass is 10.0. The van der Waals surface area contributed by atoms with Gasteiger partial charge in [-0.05, 0) is 90.7 Å². The number of aryl methyl sites for hydroxylation is 2. The standard InChI is InChI=1S/C43H47N10O5/c1-4-5-22-55-28-42(53-41-17-11-8-14-38(41)47-50-53)57-26-33(24-51-39-15-9-6-12-36(39)45-48-51)56-27-34(25-52-40-16-10-7-13-37(40)46-49-52)58-43(54)44-32-21-20-31-19-18-29(2)30(3)35(31)23-32/h6-21,23,33-34,39,41-42H,4-5,22,24-28H2,1-3H3/q+1/p+2. The maximum Gasteiger partial charge on any atom is 0.412 e. The average Bonchev–Trinajstić information content (AvgIpc) is 3.98. The fourth-order valence-corrected chi connectivity index (χ4v) is 7.24. The molecule has 2 aliphatic heterocycles. The van der Waals surface area contributed by atoms with Crippen LogP contribution in [-0.2, 0) is 25.5 Å². The molecule has 3 aromatic carbocycles. The van der Waals surface area contributed by atoms with Crippen LogP contribution in [-0.4, -0.2) is 101 Å². The molecule has 15 nitrogen and oxygen atoms in total. The second-order valence-electron chi connectivity index (χ2n) is 14.7. The van der Waals surface area contributed by atoms with Crippen molar-refractivity contribution in [2.75, 3.05) is 38.3 Å². The van der Waals surface area contributed by atoms with Crippen LogP contribution in [0.1, 0.15) is 30.9 Å². The van der Waals surface area contributed by atoms with Gasteiger partial charge in [0.05, 0.1) is 23.4 Å². The van der Waals surface area contributed by atoms with Crippen LogP contribution < -0.4 is 10.00 Å². The molecule has 15 heteroatoms. The minimum Gasteiger partial charge on any atom is -0.439 e. The van der Waals surface area contributed by atoms with Crippen LogP contribution in [0.5, 0.6) is 0 Å². The van der Waals surface area contributed by atoms with E-state index in [9.17, 15) is 4.79 Å². The molecule has 0 radical (unpaired) electrons. The lowest BCUT2D eigenvalue weighted by Gasteiger charge is -2.24. The molecule has 0 fully saturated rings. The summed E-state index contributed by atoms with van der Waals surface area (Å²) in [4.78, 5) is 13.7. The molecule has 4 aromatic rings. The number of H-pyrrole nitrogens is 1. The van der Waals surface area contributed by atoms with E-state index >= 15 is 0 Å². The third-order valence-electron chi connectivity index (χ3n) is 10.6. The molecule has 58 heavy (non-hydrogen) atoms. The number of anilines is 1. The Morgan fingerprint density at radius 3 is 2.50 bits per heavy atom. The Morgan fingerprint density at radius 1 is 0.862 bits per heavy atom. The van der Waals surface area contributed by atoms with Gasteiger partial charge in [-0.3, -0.25) is 5.32 Å². The van der Waals surface area contributed by atoms with E-state index in [1.165, 1.54) is 5.56 Å². The van der Waals surface area contributed by atoms with Crippen molar-refractivity contribution < 1.29 is 37.8 Å². The highest BCUT2D eigenvalue weighted by atomic mass is 16.6. The van der Waals surface area contributed by atoms with Gasteiger partial charge in [0.25, 0.3) is 0 Å². The summed E-state index contributed by atoms with van der Waals surface area (Å²) in [6, 6.07) is 17.5. The summed E-state index contributed by atoms with van der Waals surface area (Å²) in [7, 11) is 0. The van der Waals surface area contributed by atoms with Crippen LogP contribution >= 0.6 is 0 Å². The minimum absolute atomic E-state index is 0.0367. The molecule has 5 unspecified atom stereocenters. The number of carbonyl (C=O) groups is 1. The van der Waals surface area contributed by atoms with E-state index in [4.69, 9.17) is 18.9 Å². The number of nitrogens with one attached hydrogen (secondary N) is 2. The van der Waals surface area contributed by atoms with Crippen molar-refractivity contribution in [3.63, 3.8) is 0 Å². The highest BCUT2D eigenvalue weighted by molar-refractivity contribution is 6.01. The van der Waals surface area contributed by atoms with E-state index < -0.39 is 24.5 Å². The molecule has 8 rings (SSSR count). The van der Waals surface area contributed by atoms with Crippen LogP contribution in [0.3, 0.4) is 0 Å². The number of rotatable bonds is 18. The first-order chi connectivity index (χ1) is 28.4. The fraction of sp³-hybridized carbons (Fsp3) is 0.372. The van der Waals surface area contributed by atoms with Crippen molar-refractivity contribution in [3.8, 4) is 0 Å². The van der Waals surface area contributed by atoms with E-state index in [-0.39, 0.29) is 38.4 Å². The van der Waals surface area contributed by atoms with Gasteiger partial charge in [-0.15, -0.1) is 9.39 Å². The number of amides is 1. The lowest BCUT2D eigenvalue weighted by molar-refractivity contribution is -0.736. The summed E-state index contributed by atoms with van der Waals surface area (Å²) in [5.74, 6) is 0. The molecule has 0 bridgehead atoms. The SMILES string of the molecule is CCCCOCC(OCC(C[N+]1=NN=C2C=CC=CC21)OCC(C[n+]1[nH]nc2ccccc21)OC(=O)Nc1ccc2ccc(C)c(C)c2c1)[N+]1=NN=C2C=CC=CC21. The smallest absolute Gasteiger partial charge is 0.412 e. The van der Waals surface area contributed by atoms with E-state index in [1.807, 2.05) is 105 Å². The zero-order valence-electron chi connectivity index (χ0n) is 33.0. The number of hydrogen-bond acceptors (Lipinski definition) is 10. The second-order valence-corrected chi connectivity index (χ2v) is 14.7. The van der Waals surface area contributed by atoms with Crippen LogP contribution in [0.15, 0.2) is 124 Å². The minimum atomic E-state index is -0.738. The van der Waals surface area contributed by atoms with Gasteiger partial charge in [-0.1, -0.05) is 73.2 Å². The number of carbonyl (C=O) groups excluding carboxylic acids is 1. The molecular weight excluding hydrogens is 737 g/mol. The van der Waals surface area contributed by atoms with Crippen molar-refractivity contribution in [3.05, 3.63) is 114 Å². The number of ether oxygens (including phenoxy) is 4. The Balaban J connectivity index is 1.02. The molecule has 4 aliphatic rings. The number of hydrogen-bond donors (Lipinski definition) is 2. The molecule has 1 amide bonds. The van der Waals surface area contributed by atoms with Crippen LogP contribution in [0.25, 0.3) is 21.8 Å². The van der Waals surface area contributed by atoms with E-state index in [1.54, 1.807) is 0 Å². The normalized spacial score (nSPS) is 19.4. The Hall–Kier alpha value is -6.03. The summed E-state index contributed by atoms with van der Waals surface area (Å²) in [6.45, 7) is 7.96. The molecule has 1 aromatic heterocycles. The Labute approximate surface area is 336 Å². The third-order valence-corrected chi connectivity index (χ3v) is 10.6. The molecule has 0 saturated heterocycles. The number of nitrogens with zero attached hydrogens (tertiary/aromatic N) is 8. The number of benzene rings is 3. The fourth-order valence-electron chi connectivity index (χ4n) is 7.24. The predicted molar refractivity (Wildman–Crippen MR) is 218 cm³/mol. The van der Waals surface area contributed by atoms with Crippen molar-refractivity contribution in [2.24, 2.45) is 20.6 Å². The maximum absolute atomic E-state index is 13.7. The first-order valence-electron chi connectivity index (χ1n) is 19.9. The molecule has 2 aliphatic carbocycles. The second kappa shape index (κ2) is 18.1. The van der Waals surface area contributed by atoms with Crippen molar-refractivity contribution in [2.45, 2.75) is 70.7 Å². The largest absolute Gasteiger partial charge is 0.439 e. The molecular formula is C43H49N10O5+3. The van der Waals surface area contributed by atoms with Crippen molar-refractivity contribution in [1.29, 1.82) is 0 Å². The molecule has 3 heterocycles. The van der Waals surface area contributed by atoms with E-state index in [0.717, 1.165) is 51.6 Å². The first kappa shape index (κ1) is 38.8. The Morgan fingerprint density at radius 2 is 1.64 bits per heavy atom. The number of fused-ring (bicyclic) bond motifs is 4. The van der Waals surface area contributed by atoms with Gasteiger partial charge >= 0.3 is 6.09 Å². The number of aromatic amines is 1. The Kier molecular flexibility index (Phi) is 12.1. The van der Waals surface area contributed by atoms with Crippen LogP contribution in [0.2, 0.25) is 0 Å². The van der Waals surface area contributed by atoms with Crippen LogP contribution in [0.4, 0.5) is 10.5 Å². The number of para-hydroxylation sites is 2. The summed E-state index contributed by atoms with van der Waals surface area (Å²) >= 11 is 0.